The molecule has 0 aliphatic heterocycles. The Morgan fingerprint density at radius 2 is 1.30 bits per heavy atom. The molecule has 0 unspecified atom stereocenters. The average Bonchev–Trinajstić information content (AvgIpc) is 2.75. The molecule has 30 heavy (non-hydrogen) atoms. The van der Waals surface area contributed by atoms with Crippen LogP contribution in [0.2, 0.25) is 0 Å². The smallest absolute Gasteiger partial charge is 0.166 e. The van der Waals surface area contributed by atoms with Crippen LogP contribution in [0.1, 0.15) is 11.1 Å². The van der Waals surface area contributed by atoms with Crippen LogP contribution in [0.15, 0.2) is 66.7 Å². The van der Waals surface area contributed by atoms with E-state index in [0.29, 0.717) is 22.1 Å². The molecular formula is C25H14F4O. The zero-order valence-electron chi connectivity index (χ0n) is 15.8. The molecular weight excluding hydrogens is 392 g/mol. The first-order valence-electron chi connectivity index (χ1n) is 8.99. The van der Waals surface area contributed by atoms with Gasteiger partial charge in [-0.25, -0.2) is 17.6 Å². The largest absolute Gasteiger partial charge is 0.497 e. The summed E-state index contributed by atoms with van der Waals surface area (Å²) in [6, 6.07) is 16.0. The van der Waals surface area contributed by atoms with Crippen molar-refractivity contribution >= 4 is 10.8 Å². The Morgan fingerprint density at radius 3 is 1.97 bits per heavy atom. The summed E-state index contributed by atoms with van der Waals surface area (Å²) in [7, 11) is 1.34. The van der Waals surface area contributed by atoms with Crippen LogP contribution in [0, 0.1) is 35.1 Å². The van der Waals surface area contributed by atoms with Gasteiger partial charge in [0.15, 0.2) is 11.6 Å². The standard InChI is InChI=1S/C25H14F4O/c1-30-19-13-22(27)24(23(28)14-19)17-7-4-15(5-8-17)2-3-16-6-10-20-18(12-16)9-11-21(26)25(20)29/h4-14H,1H3. The molecule has 0 heterocycles. The van der Waals surface area contributed by atoms with Crippen molar-refractivity contribution in [2.45, 2.75) is 0 Å². The summed E-state index contributed by atoms with van der Waals surface area (Å²) >= 11 is 0. The summed E-state index contributed by atoms with van der Waals surface area (Å²) in [6.45, 7) is 0. The topological polar surface area (TPSA) is 9.23 Å². The van der Waals surface area contributed by atoms with Crippen molar-refractivity contribution in [3.05, 3.63) is 101 Å². The summed E-state index contributed by atoms with van der Waals surface area (Å²) in [5, 5.41) is 0.731. The Hall–Kier alpha value is -3.78. The molecule has 5 heteroatoms. The summed E-state index contributed by atoms with van der Waals surface area (Å²) in [5.74, 6) is 2.79. The van der Waals surface area contributed by atoms with E-state index in [1.54, 1.807) is 36.4 Å². The molecule has 0 saturated carbocycles. The van der Waals surface area contributed by atoms with Crippen LogP contribution in [-0.4, -0.2) is 7.11 Å². The number of hydrogen-bond acceptors (Lipinski definition) is 1. The number of benzene rings is 4. The van der Waals surface area contributed by atoms with Crippen molar-refractivity contribution in [2.75, 3.05) is 7.11 Å². The van der Waals surface area contributed by atoms with Crippen molar-refractivity contribution < 1.29 is 22.3 Å². The van der Waals surface area contributed by atoms with Gasteiger partial charge in [-0.3, -0.25) is 0 Å². The van der Waals surface area contributed by atoms with E-state index in [0.717, 1.165) is 18.2 Å². The van der Waals surface area contributed by atoms with Crippen LogP contribution >= 0.6 is 0 Å². The SMILES string of the molecule is COc1cc(F)c(-c2ccc(C#Cc3ccc4c(F)c(F)ccc4c3)cc2)c(F)c1. The zero-order chi connectivity index (χ0) is 21.3. The lowest BCUT2D eigenvalue weighted by molar-refractivity contribution is 0.407. The maximum absolute atomic E-state index is 14.2. The van der Waals surface area contributed by atoms with Crippen LogP contribution in [0.3, 0.4) is 0 Å². The minimum atomic E-state index is -0.897. The van der Waals surface area contributed by atoms with Crippen LogP contribution in [0.4, 0.5) is 17.6 Å². The van der Waals surface area contributed by atoms with Crippen LogP contribution < -0.4 is 4.74 Å². The average molecular weight is 406 g/mol. The Balaban J connectivity index is 1.62. The van der Waals surface area contributed by atoms with Gasteiger partial charge in [-0.05, 0) is 41.3 Å². The molecule has 148 valence electrons. The van der Waals surface area contributed by atoms with Gasteiger partial charge < -0.3 is 4.74 Å². The Kier molecular flexibility index (Phi) is 5.16. The van der Waals surface area contributed by atoms with Gasteiger partial charge in [-0.1, -0.05) is 36.1 Å². The minimum Gasteiger partial charge on any atom is -0.497 e. The van der Waals surface area contributed by atoms with Crippen molar-refractivity contribution in [3.63, 3.8) is 0 Å². The molecule has 0 radical (unpaired) electrons. The van der Waals surface area contributed by atoms with Crippen LogP contribution in [-0.2, 0) is 0 Å². The fourth-order valence-corrected chi connectivity index (χ4v) is 3.15. The van der Waals surface area contributed by atoms with Gasteiger partial charge in [0.1, 0.15) is 17.4 Å². The van der Waals surface area contributed by atoms with Gasteiger partial charge in [0.25, 0.3) is 0 Å². The molecule has 4 aromatic carbocycles. The predicted molar refractivity (Wildman–Crippen MR) is 108 cm³/mol. The number of hydrogen-bond donors (Lipinski definition) is 0. The fourth-order valence-electron chi connectivity index (χ4n) is 3.15. The quantitative estimate of drug-likeness (QED) is 0.274. The molecule has 1 nitrogen and oxygen atoms in total. The first kappa shape index (κ1) is 19.5. The second-order valence-electron chi connectivity index (χ2n) is 6.59. The summed E-state index contributed by atoms with van der Waals surface area (Å²) in [6.07, 6.45) is 0. The molecule has 0 aliphatic carbocycles. The Morgan fingerprint density at radius 1 is 0.667 bits per heavy atom. The summed E-state index contributed by atoms with van der Waals surface area (Å²) in [5.41, 5.74) is 1.50. The van der Waals surface area contributed by atoms with E-state index < -0.39 is 23.3 Å². The normalized spacial score (nSPS) is 10.6. The van der Waals surface area contributed by atoms with E-state index in [1.165, 1.54) is 19.2 Å². The van der Waals surface area contributed by atoms with Gasteiger partial charge in [0.2, 0.25) is 0 Å². The lowest BCUT2D eigenvalue weighted by atomic mass is 10.0. The second kappa shape index (κ2) is 7.92. The van der Waals surface area contributed by atoms with Gasteiger partial charge in [0.05, 0.1) is 12.7 Å². The molecule has 0 aliphatic rings. The molecule has 0 atom stereocenters. The molecule has 0 fully saturated rings. The first-order chi connectivity index (χ1) is 14.5. The number of halogens is 4. The summed E-state index contributed by atoms with van der Waals surface area (Å²) in [4.78, 5) is 0. The lowest BCUT2D eigenvalue weighted by Gasteiger charge is -2.08. The van der Waals surface area contributed by atoms with Crippen molar-refractivity contribution in [3.8, 4) is 28.7 Å². The van der Waals surface area contributed by atoms with Crippen LogP contribution in [0.5, 0.6) is 5.75 Å². The van der Waals surface area contributed by atoms with E-state index in [4.69, 9.17) is 4.74 Å². The third kappa shape index (κ3) is 3.72. The van der Waals surface area contributed by atoms with E-state index in [1.807, 2.05) is 0 Å². The number of methoxy groups -OCH3 is 1. The van der Waals surface area contributed by atoms with Crippen LogP contribution in [0.25, 0.3) is 21.9 Å². The highest BCUT2D eigenvalue weighted by molar-refractivity contribution is 5.84. The maximum Gasteiger partial charge on any atom is 0.166 e. The van der Waals surface area contributed by atoms with E-state index >= 15 is 0 Å². The third-order valence-corrected chi connectivity index (χ3v) is 4.68. The highest BCUT2D eigenvalue weighted by Gasteiger charge is 2.13. The van der Waals surface area contributed by atoms with Gasteiger partial charge in [-0.2, -0.15) is 0 Å². The highest BCUT2D eigenvalue weighted by atomic mass is 19.2. The number of ether oxygens (including phenoxy) is 1. The Labute approximate surface area is 170 Å². The van der Waals surface area contributed by atoms with Crippen molar-refractivity contribution in [2.24, 2.45) is 0 Å². The van der Waals surface area contributed by atoms with Crippen molar-refractivity contribution in [1.82, 2.24) is 0 Å². The first-order valence-corrected chi connectivity index (χ1v) is 8.99. The molecule has 0 bridgehead atoms. The molecule has 0 aromatic heterocycles. The maximum atomic E-state index is 14.2. The predicted octanol–water partition coefficient (Wildman–Crippen LogP) is 6.47. The molecule has 0 saturated heterocycles. The lowest BCUT2D eigenvalue weighted by Crippen LogP contribution is -1.93. The molecule has 0 amide bonds. The van der Waals surface area contributed by atoms with Gasteiger partial charge >= 0.3 is 0 Å². The van der Waals surface area contributed by atoms with Gasteiger partial charge in [0, 0.05) is 28.6 Å². The zero-order valence-corrected chi connectivity index (χ0v) is 15.8. The molecule has 0 N–H and O–H groups in total. The van der Waals surface area contributed by atoms with E-state index in [2.05, 4.69) is 11.8 Å². The number of fused-ring (bicyclic) bond motifs is 1. The van der Waals surface area contributed by atoms with Gasteiger partial charge in [-0.15, -0.1) is 0 Å². The molecule has 0 spiro atoms. The number of rotatable bonds is 2. The van der Waals surface area contributed by atoms with E-state index in [-0.39, 0.29) is 16.7 Å². The molecule has 4 aromatic rings. The Bertz CT molecular complexity index is 1290. The third-order valence-electron chi connectivity index (χ3n) is 4.68. The summed E-state index contributed by atoms with van der Waals surface area (Å²) < 4.78 is 60.4. The second-order valence-corrected chi connectivity index (χ2v) is 6.59. The fraction of sp³-hybridized carbons (Fsp3) is 0.0400. The van der Waals surface area contributed by atoms with E-state index in [9.17, 15) is 17.6 Å². The molecule has 4 rings (SSSR count). The highest BCUT2D eigenvalue weighted by Crippen LogP contribution is 2.30. The minimum absolute atomic E-state index is 0.106. The van der Waals surface area contributed by atoms with Crippen molar-refractivity contribution in [1.29, 1.82) is 0 Å². The monoisotopic (exact) mass is 406 g/mol.